The molecule has 0 radical (unpaired) electrons. The van der Waals surface area contributed by atoms with Crippen molar-refractivity contribution in [3.63, 3.8) is 0 Å². The van der Waals surface area contributed by atoms with E-state index < -0.39 is 21.8 Å². The van der Waals surface area contributed by atoms with Crippen molar-refractivity contribution in [2.45, 2.75) is 10.8 Å². The molecule has 1 atom stereocenters. The first-order valence-electron chi connectivity index (χ1n) is 8.70. The third kappa shape index (κ3) is 3.72. The Bertz CT molecular complexity index is 1270. The largest absolute Gasteiger partial charge is 0.456 e. The second-order valence-corrected chi connectivity index (χ2v) is 8.53. The first kappa shape index (κ1) is 20.2. The van der Waals surface area contributed by atoms with Crippen LogP contribution in [-0.4, -0.2) is 19.7 Å². The zero-order chi connectivity index (χ0) is 21.5. The van der Waals surface area contributed by atoms with E-state index in [4.69, 9.17) is 21.5 Å². The standard InChI is InChI=1S/C21H14ClFN2O4S/c22-19-8-3-13(10-25-19)20-17(11-26)16-9-14(23)4-7-18(16)29-21(20)12-1-5-15(6-2-12)30(24,27)28/h1-11,17H,(H2,24,27,28). The summed E-state index contributed by atoms with van der Waals surface area (Å²) in [6.45, 7) is 0. The van der Waals surface area contributed by atoms with Crippen molar-refractivity contribution in [1.29, 1.82) is 0 Å². The van der Waals surface area contributed by atoms with Gasteiger partial charge in [-0.15, -0.1) is 0 Å². The lowest BCUT2D eigenvalue weighted by Crippen LogP contribution is -2.16. The second-order valence-electron chi connectivity index (χ2n) is 6.58. The Kier molecular flexibility index (Phi) is 5.15. The Morgan fingerprint density at radius 3 is 2.37 bits per heavy atom. The minimum atomic E-state index is -3.87. The van der Waals surface area contributed by atoms with Gasteiger partial charge in [-0.1, -0.05) is 11.6 Å². The molecule has 0 aliphatic carbocycles. The second kappa shape index (κ2) is 7.64. The molecule has 0 spiro atoms. The maximum absolute atomic E-state index is 13.9. The summed E-state index contributed by atoms with van der Waals surface area (Å²) < 4.78 is 43.0. The highest BCUT2D eigenvalue weighted by Crippen LogP contribution is 2.46. The highest BCUT2D eigenvalue weighted by atomic mass is 35.5. The number of nitrogens with zero attached hydrogens (tertiary/aromatic N) is 1. The maximum Gasteiger partial charge on any atom is 0.238 e. The average Bonchev–Trinajstić information content (AvgIpc) is 2.72. The quantitative estimate of drug-likeness (QED) is 0.488. The molecule has 0 saturated heterocycles. The van der Waals surface area contributed by atoms with Gasteiger partial charge in [0.05, 0.1) is 10.8 Å². The Balaban J connectivity index is 1.95. The predicted molar refractivity (Wildman–Crippen MR) is 110 cm³/mol. The number of carbonyl (C=O) groups is 1. The number of halogens is 2. The summed E-state index contributed by atoms with van der Waals surface area (Å²) in [6, 6.07) is 12.9. The van der Waals surface area contributed by atoms with Crippen LogP contribution in [0.25, 0.3) is 11.3 Å². The number of allylic oxidation sites excluding steroid dienone is 1. The lowest BCUT2D eigenvalue weighted by atomic mass is 9.84. The van der Waals surface area contributed by atoms with Crippen molar-refractivity contribution in [2.75, 3.05) is 0 Å². The van der Waals surface area contributed by atoms with Crippen LogP contribution >= 0.6 is 11.6 Å². The molecule has 0 amide bonds. The van der Waals surface area contributed by atoms with E-state index in [2.05, 4.69) is 4.98 Å². The van der Waals surface area contributed by atoms with Crippen LogP contribution in [0, 0.1) is 5.82 Å². The molecule has 9 heteroatoms. The van der Waals surface area contributed by atoms with Crippen molar-refractivity contribution in [3.05, 3.63) is 88.5 Å². The van der Waals surface area contributed by atoms with Crippen LogP contribution in [-0.2, 0) is 14.8 Å². The highest BCUT2D eigenvalue weighted by molar-refractivity contribution is 7.89. The molecule has 3 aromatic rings. The summed E-state index contributed by atoms with van der Waals surface area (Å²) in [4.78, 5) is 16.1. The van der Waals surface area contributed by atoms with Crippen molar-refractivity contribution in [2.24, 2.45) is 5.14 Å². The van der Waals surface area contributed by atoms with E-state index in [1.807, 2.05) is 0 Å². The number of sulfonamides is 1. The molecule has 2 aromatic carbocycles. The van der Waals surface area contributed by atoms with Gasteiger partial charge in [-0.2, -0.15) is 0 Å². The number of benzene rings is 2. The molecule has 0 fully saturated rings. The molecule has 152 valence electrons. The number of fused-ring (bicyclic) bond motifs is 1. The molecule has 4 rings (SSSR count). The van der Waals surface area contributed by atoms with Gasteiger partial charge in [-0.3, -0.25) is 0 Å². The lowest BCUT2D eigenvalue weighted by molar-refractivity contribution is -0.108. The van der Waals surface area contributed by atoms with Crippen molar-refractivity contribution in [3.8, 4) is 5.75 Å². The topological polar surface area (TPSA) is 99.4 Å². The van der Waals surface area contributed by atoms with Gasteiger partial charge in [-0.05, 0) is 54.6 Å². The number of primary sulfonamides is 1. The number of pyridine rings is 1. The number of hydrogen-bond donors (Lipinski definition) is 1. The highest BCUT2D eigenvalue weighted by Gasteiger charge is 2.32. The normalized spacial score (nSPS) is 16.0. The Labute approximate surface area is 176 Å². The number of ether oxygens (including phenoxy) is 1. The van der Waals surface area contributed by atoms with E-state index in [1.165, 1.54) is 48.7 Å². The van der Waals surface area contributed by atoms with Gasteiger partial charge in [0.25, 0.3) is 0 Å². The van der Waals surface area contributed by atoms with Gasteiger partial charge in [0.15, 0.2) is 0 Å². The van der Waals surface area contributed by atoms with Crippen LogP contribution in [0.1, 0.15) is 22.6 Å². The van der Waals surface area contributed by atoms with Crippen LogP contribution in [0.15, 0.2) is 65.7 Å². The molecule has 1 aliphatic rings. The molecule has 0 bridgehead atoms. The lowest BCUT2D eigenvalue weighted by Gasteiger charge is -2.28. The summed E-state index contributed by atoms with van der Waals surface area (Å²) in [5.74, 6) is -0.694. The fraction of sp³-hybridized carbons (Fsp3) is 0.0476. The van der Waals surface area contributed by atoms with Crippen LogP contribution in [0.2, 0.25) is 5.15 Å². The van der Waals surface area contributed by atoms with Gasteiger partial charge in [0.2, 0.25) is 10.0 Å². The van der Waals surface area contributed by atoms with E-state index in [1.54, 1.807) is 12.1 Å². The summed E-state index contributed by atoms with van der Waals surface area (Å²) in [5.41, 5.74) is 1.89. The molecule has 1 unspecified atom stereocenters. The van der Waals surface area contributed by atoms with Gasteiger partial charge in [-0.25, -0.2) is 22.9 Å². The number of nitrogens with two attached hydrogens (primary N) is 1. The third-order valence-corrected chi connectivity index (χ3v) is 5.85. The van der Waals surface area contributed by atoms with E-state index in [9.17, 15) is 17.6 Å². The van der Waals surface area contributed by atoms with E-state index in [0.29, 0.717) is 40.1 Å². The Morgan fingerprint density at radius 1 is 1.07 bits per heavy atom. The zero-order valence-corrected chi connectivity index (χ0v) is 16.8. The molecule has 6 nitrogen and oxygen atoms in total. The SMILES string of the molecule is NS(=O)(=O)c1ccc(C2=C(c3ccc(Cl)nc3)C(C=O)c3cc(F)ccc3O2)cc1. The number of rotatable bonds is 4. The molecule has 0 saturated carbocycles. The first-order chi connectivity index (χ1) is 14.3. The van der Waals surface area contributed by atoms with Crippen LogP contribution in [0.3, 0.4) is 0 Å². The number of aldehydes is 1. The van der Waals surface area contributed by atoms with Gasteiger partial charge < -0.3 is 9.53 Å². The van der Waals surface area contributed by atoms with Crippen LogP contribution < -0.4 is 9.88 Å². The minimum absolute atomic E-state index is 0.0632. The summed E-state index contributed by atoms with van der Waals surface area (Å²) >= 11 is 5.89. The third-order valence-electron chi connectivity index (χ3n) is 4.69. The van der Waals surface area contributed by atoms with E-state index in [0.717, 1.165) is 0 Å². The van der Waals surface area contributed by atoms with Gasteiger partial charge >= 0.3 is 0 Å². The van der Waals surface area contributed by atoms with Crippen molar-refractivity contribution in [1.82, 2.24) is 4.98 Å². The summed E-state index contributed by atoms with van der Waals surface area (Å²) in [5, 5.41) is 5.43. The monoisotopic (exact) mass is 444 g/mol. The minimum Gasteiger partial charge on any atom is -0.456 e. The first-order valence-corrected chi connectivity index (χ1v) is 10.6. The smallest absolute Gasteiger partial charge is 0.238 e. The number of carbonyl (C=O) groups excluding carboxylic acids is 1. The average molecular weight is 445 g/mol. The molecular weight excluding hydrogens is 431 g/mol. The molecular formula is C21H14ClFN2O4S. The van der Waals surface area contributed by atoms with Gasteiger partial charge in [0.1, 0.15) is 28.8 Å². The van der Waals surface area contributed by atoms with Crippen molar-refractivity contribution < 1.29 is 22.3 Å². The van der Waals surface area contributed by atoms with E-state index >= 15 is 0 Å². The molecule has 1 aliphatic heterocycles. The number of hydrogen-bond acceptors (Lipinski definition) is 5. The van der Waals surface area contributed by atoms with Crippen LogP contribution in [0.5, 0.6) is 5.75 Å². The van der Waals surface area contributed by atoms with Crippen LogP contribution in [0.4, 0.5) is 4.39 Å². The van der Waals surface area contributed by atoms with E-state index in [-0.39, 0.29) is 10.0 Å². The predicted octanol–water partition coefficient (Wildman–Crippen LogP) is 3.76. The maximum atomic E-state index is 13.9. The number of aromatic nitrogens is 1. The molecule has 30 heavy (non-hydrogen) atoms. The van der Waals surface area contributed by atoms with Gasteiger partial charge in [0, 0.05) is 28.5 Å². The zero-order valence-electron chi connectivity index (χ0n) is 15.2. The fourth-order valence-electron chi connectivity index (χ4n) is 3.31. The fourth-order valence-corrected chi connectivity index (χ4v) is 3.94. The summed E-state index contributed by atoms with van der Waals surface area (Å²) in [7, 11) is -3.87. The molecule has 2 heterocycles. The van der Waals surface area contributed by atoms with Crippen molar-refractivity contribution >= 4 is 39.2 Å². The Hall–Kier alpha value is -3.07. The molecule has 1 aromatic heterocycles. The Morgan fingerprint density at radius 2 is 1.77 bits per heavy atom. The summed E-state index contributed by atoms with van der Waals surface area (Å²) in [6.07, 6.45) is 2.18. The molecule has 2 N–H and O–H groups in total.